The molecule has 8 nitrogen and oxygen atoms in total. The molecule has 40 heavy (non-hydrogen) atoms. The number of hydrogen-bond acceptors (Lipinski definition) is 6. The molecule has 2 aromatic rings. The van der Waals surface area contributed by atoms with Gasteiger partial charge in [0.15, 0.2) is 0 Å². The summed E-state index contributed by atoms with van der Waals surface area (Å²) in [6, 6.07) is 14.4. The number of hydrogen-bond donors (Lipinski definition) is 2. The number of carbonyl (C=O) groups excluding carboxylic acids is 3. The van der Waals surface area contributed by atoms with Crippen LogP contribution in [0.15, 0.2) is 48.5 Å². The van der Waals surface area contributed by atoms with Crippen molar-refractivity contribution >= 4 is 18.2 Å². The van der Waals surface area contributed by atoms with Gasteiger partial charge in [-0.1, -0.05) is 62.6 Å². The minimum absolute atomic E-state index is 0.109. The Labute approximate surface area is 237 Å². The van der Waals surface area contributed by atoms with Crippen molar-refractivity contribution in [2.24, 2.45) is 5.92 Å². The van der Waals surface area contributed by atoms with Crippen LogP contribution >= 0.6 is 0 Å². The van der Waals surface area contributed by atoms with E-state index in [0.717, 1.165) is 49.7 Å². The summed E-state index contributed by atoms with van der Waals surface area (Å²) in [5.41, 5.74) is 2.21. The molecule has 1 fully saturated rings. The van der Waals surface area contributed by atoms with E-state index in [9.17, 15) is 14.4 Å². The number of amides is 2. The van der Waals surface area contributed by atoms with E-state index >= 15 is 0 Å². The van der Waals surface area contributed by atoms with Crippen LogP contribution in [0.1, 0.15) is 83.4 Å². The van der Waals surface area contributed by atoms with Crippen LogP contribution in [0, 0.1) is 5.92 Å². The minimum atomic E-state index is -0.888. The number of fused-ring (bicyclic) bond motifs is 4. The lowest BCUT2D eigenvalue weighted by atomic mass is 9.59. The van der Waals surface area contributed by atoms with Crippen molar-refractivity contribution in [2.45, 2.75) is 103 Å². The molecule has 0 aromatic heterocycles. The Kier molecular flexibility index (Phi) is 9.06. The number of esters is 1. The van der Waals surface area contributed by atoms with Crippen molar-refractivity contribution in [3.8, 4) is 5.75 Å². The van der Waals surface area contributed by atoms with Crippen molar-refractivity contribution in [2.75, 3.05) is 0 Å². The van der Waals surface area contributed by atoms with E-state index in [1.54, 1.807) is 27.7 Å². The Morgan fingerprint density at radius 2 is 1.77 bits per heavy atom. The third-order valence-electron chi connectivity index (χ3n) is 7.90. The summed E-state index contributed by atoms with van der Waals surface area (Å²) in [5, 5.41) is 5.76. The number of alkyl carbamates (subject to hydrolysis) is 2. The summed E-state index contributed by atoms with van der Waals surface area (Å²) < 4.78 is 16.5. The number of benzene rings is 2. The maximum absolute atomic E-state index is 13.0. The highest BCUT2D eigenvalue weighted by atomic mass is 16.6. The molecular weight excluding hydrogens is 508 g/mol. The molecule has 2 aliphatic carbocycles. The second kappa shape index (κ2) is 12.3. The summed E-state index contributed by atoms with van der Waals surface area (Å²) in [7, 11) is 0. The van der Waals surface area contributed by atoms with E-state index < -0.39 is 29.8 Å². The fourth-order valence-electron chi connectivity index (χ4n) is 5.97. The van der Waals surface area contributed by atoms with Crippen LogP contribution in [0.3, 0.4) is 0 Å². The number of carbonyl (C=O) groups is 3. The molecule has 0 radical (unpaired) electrons. The maximum Gasteiger partial charge on any atom is 0.408 e. The molecule has 0 spiro atoms. The molecule has 0 heterocycles. The highest BCUT2D eigenvalue weighted by Gasteiger charge is 2.47. The monoisotopic (exact) mass is 550 g/mol. The fraction of sp³-hybridized carbons (Fsp3) is 0.531. The first-order valence-corrected chi connectivity index (χ1v) is 14.3. The van der Waals surface area contributed by atoms with E-state index in [0.29, 0.717) is 5.75 Å². The van der Waals surface area contributed by atoms with Crippen molar-refractivity contribution in [3.63, 3.8) is 0 Å². The lowest BCUT2D eigenvalue weighted by Crippen LogP contribution is -2.57. The van der Waals surface area contributed by atoms with Gasteiger partial charge in [0.2, 0.25) is 0 Å². The van der Waals surface area contributed by atoms with Crippen LogP contribution in [-0.4, -0.2) is 35.8 Å². The normalized spacial score (nSPS) is 22.9. The molecule has 216 valence electrons. The molecule has 1 saturated carbocycles. The van der Waals surface area contributed by atoms with Crippen LogP contribution in [-0.2, 0) is 32.7 Å². The Balaban J connectivity index is 1.50. The molecular formula is C32H42N2O6. The first-order chi connectivity index (χ1) is 18.9. The zero-order valence-corrected chi connectivity index (χ0v) is 24.3. The minimum Gasteiger partial charge on any atom is -0.445 e. The molecule has 2 N–H and O–H groups in total. The maximum atomic E-state index is 13.0. The summed E-state index contributed by atoms with van der Waals surface area (Å²) >= 11 is 0. The molecule has 2 bridgehead atoms. The average Bonchev–Trinajstić information content (AvgIpc) is 2.88. The van der Waals surface area contributed by atoms with Gasteiger partial charge in [-0.05, 0) is 81.7 Å². The lowest BCUT2D eigenvalue weighted by molar-refractivity contribution is -0.136. The molecule has 4 atom stereocenters. The smallest absolute Gasteiger partial charge is 0.408 e. The summed E-state index contributed by atoms with van der Waals surface area (Å²) in [5.74, 6) is 0.115. The summed E-state index contributed by atoms with van der Waals surface area (Å²) in [6.07, 6.45) is 4.99. The van der Waals surface area contributed by atoms with Crippen LogP contribution < -0.4 is 15.4 Å². The van der Waals surface area contributed by atoms with Gasteiger partial charge < -0.3 is 24.8 Å². The van der Waals surface area contributed by atoms with Gasteiger partial charge in [0, 0.05) is 11.5 Å². The van der Waals surface area contributed by atoms with Crippen LogP contribution in [0.5, 0.6) is 5.75 Å². The molecule has 0 unspecified atom stereocenters. The van der Waals surface area contributed by atoms with Crippen molar-refractivity contribution in [3.05, 3.63) is 65.2 Å². The van der Waals surface area contributed by atoms with Gasteiger partial charge in [0.1, 0.15) is 24.0 Å². The summed E-state index contributed by atoms with van der Waals surface area (Å²) in [6.45, 7) is 9.25. The van der Waals surface area contributed by atoms with Crippen molar-refractivity contribution in [1.82, 2.24) is 10.6 Å². The molecule has 2 aromatic carbocycles. The standard InChI is InChI=1S/C32H42N2O6/c1-21(33-30(37)40-31(2,3)4)28(35)39-25-16-15-23-18-24-14-10-7-11-17-32(5,26(23)19-25)27(24)34-29(36)38-20-22-12-8-6-9-13-22/h6,8-9,12-13,15-16,19,21,24,27H,7,10-11,14,17-18,20H2,1-5H3,(H,33,37)(H,34,36)/t21-,24-,27-,32+/m0/s1. The highest BCUT2D eigenvalue weighted by Crippen LogP contribution is 2.47. The number of nitrogens with one attached hydrogen (secondary N) is 2. The molecule has 2 aliphatic rings. The van der Waals surface area contributed by atoms with Gasteiger partial charge in [0.05, 0.1) is 0 Å². The van der Waals surface area contributed by atoms with Gasteiger partial charge in [-0.25, -0.2) is 14.4 Å². The average molecular weight is 551 g/mol. The first-order valence-electron chi connectivity index (χ1n) is 14.3. The van der Waals surface area contributed by atoms with E-state index in [4.69, 9.17) is 14.2 Å². The quantitative estimate of drug-likeness (QED) is 0.328. The molecule has 2 amide bonds. The largest absolute Gasteiger partial charge is 0.445 e. The van der Waals surface area contributed by atoms with Crippen LogP contribution in [0.4, 0.5) is 9.59 Å². The first kappa shape index (κ1) is 29.4. The van der Waals surface area contributed by atoms with Gasteiger partial charge in [-0.15, -0.1) is 0 Å². The topological polar surface area (TPSA) is 103 Å². The highest BCUT2D eigenvalue weighted by molar-refractivity contribution is 5.82. The number of ether oxygens (including phenoxy) is 3. The van der Waals surface area contributed by atoms with Gasteiger partial charge in [-0.2, -0.15) is 0 Å². The van der Waals surface area contributed by atoms with Crippen LogP contribution in [0.25, 0.3) is 0 Å². The van der Waals surface area contributed by atoms with Crippen LogP contribution in [0.2, 0.25) is 0 Å². The SMILES string of the molecule is C[C@H](NC(=O)OC(C)(C)C)C(=O)Oc1ccc2c(c1)[C@@]1(C)CCCCC[C@@H](C2)[C@@H]1NC(=O)OCc1ccccc1. The zero-order chi connectivity index (χ0) is 28.9. The van der Waals surface area contributed by atoms with Gasteiger partial charge >= 0.3 is 18.2 Å². The zero-order valence-electron chi connectivity index (χ0n) is 24.3. The molecule has 4 rings (SSSR count). The molecule has 0 saturated heterocycles. The van der Waals surface area contributed by atoms with Crippen molar-refractivity contribution in [1.29, 1.82) is 0 Å². The second-order valence-electron chi connectivity index (χ2n) is 12.3. The predicted octanol–water partition coefficient (Wildman–Crippen LogP) is 6.19. The lowest BCUT2D eigenvalue weighted by Gasteiger charge is -2.49. The van der Waals surface area contributed by atoms with Gasteiger partial charge in [-0.3, -0.25) is 0 Å². The Hall–Kier alpha value is -3.55. The fourth-order valence-corrected chi connectivity index (χ4v) is 5.97. The van der Waals surface area contributed by atoms with E-state index in [1.165, 1.54) is 5.56 Å². The second-order valence-corrected chi connectivity index (χ2v) is 12.3. The van der Waals surface area contributed by atoms with E-state index in [1.807, 2.05) is 48.5 Å². The molecule has 0 aliphatic heterocycles. The molecule has 8 heteroatoms. The Morgan fingerprint density at radius 1 is 1.02 bits per heavy atom. The van der Waals surface area contributed by atoms with E-state index in [2.05, 4.69) is 17.6 Å². The van der Waals surface area contributed by atoms with Crippen molar-refractivity contribution < 1.29 is 28.6 Å². The summed E-state index contributed by atoms with van der Waals surface area (Å²) in [4.78, 5) is 37.9. The third kappa shape index (κ3) is 7.34. The Bertz CT molecular complexity index is 1210. The van der Waals surface area contributed by atoms with E-state index in [-0.39, 0.29) is 24.0 Å². The third-order valence-corrected chi connectivity index (χ3v) is 7.90. The van der Waals surface area contributed by atoms with Gasteiger partial charge in [0.25, 0.3) is 0 Å². The number of rotatable bonds is 6. The predicted molar refractivity (Wildman–Crippen MR) is 152 cm³/mol. The Morgan fingerprint density at radius 3 is 2.50 bits per heavy atom.